The minimum Gasteiger partial charge on any atom is -0.463 e. The van der Waals surface area contributed by atoms with Gasteiger partial charge in [0.1, 0.15) is 37.2 Å². The van der Waals surface area contributed by atoms with Crippen LogP contribution in [0.4, 0.5) is 0 Å². The van der Waals surface area contributed by atoms with Gasteiger partial charge in [0.2, 0.25) is 5.60 Å². The third-order valence-electron chi connectivity index (χ3n) is 6.55. The van der Waals surface area contributed by atoms with Crippen molar-refractivity contribution in [3.63, 3.8) is 0 Å². The normalized spacial score (nSPS) is 28.8. The van der Waals surface area contributed by atoms with E-state index < -0.39 is 30.1 Å². The Kier molecular flexibility index (Phi) is 9.40. The second kappa shape index (κ2) is 12.3. The van der Waals surface area contributed by atoms with Crippen LogP contribution in [0.1, 0.15) is 69.7 Å². The highest BCUT2D eigenvalue weighted by Gasteiger charge is 2.57. The lowest BCUT2D eigenvalue weighted by Crippen LogP contribution is -2.40. The maximum Gasteiger partial charge on any atom is 0.306 e. The van der Waals surface area contributed by atoms with E-state index in [4.69, 9.17) is 15.2 Å². The highest BCUT2D eigenvalue weighted by atomic mass is 16.6. The van der Waals surface area contributed by atoms with E-state index in [9.17, 15) is 25.4 Å². The first-order chi connectivity index (χ1) is 16.8. The van der Waals surface area contributed by atoms with E-state index in [0.717, 1.165) is 32.0 Å². The summed E-state index contributed by atoms with van der Waals surface area (Å²) in [6.45, 7) is 1.62. The zero-order valence-corrected chi connectivity index (χ0v) is 20.0. The number of nitrogens with one attached hydrogen (secondary N) is 1. The molecule has 1 unspecified atom stereocenters. The number of aromatic nitrogens is 1. The van der Waals surface area contributed by atoms with Crippen LogP contribution in [0.2, 0.25) is 0 Å². The molecular weight excluding hydrogens is 454 g/mol. The van der Waals surface area contributed by atoms with Gasteiger partial charge in [-0.2, -0.15) is 5.26 Å². The summed E-state index contributed by atoms with van der Waals surface area (Å²) in [4.78, 5) is 23.3. The number of carbonyl (C=O) groups excluding carboxylic acids is 1. The number of ether oxygens (including phenoxy) is 2. The molecule has 1 saturated heterocycles. The molecule has 2 aliphatic rings. The molecule has 0 radical (unpaired) electrons. The molecule has 3 rings (SSSR count). The fourth-order valence-corrected chi connectivity index (χ4v) is 4.64. The molecular formula is C24H35N5O6. The second-order valence-electron chi connectivity index (χ2n) is 9.12. The number of aliphatic imine (C=N–C) groups is 2. The second-order valence-corrected chi connectivity index (χ2v) is 9.12. The number of aliphatic hydroxyl groups is 3. The number of nitriles is 1. The Hall–Kier alpha value is -2.78. The maximum atomic E-state index is 12.3. The Morgan fingerprint density at radius 3 is 2.80 bits per heavy atom. The number of amidine groups is 1. The predicted molar refractivity (Wildman–Crippen MR) is 127 cm³/mol. The van der Waals surface area contributed by atoms with Gasteiger partial charge >= 0.3 is 5.97 Å². The lowest BCUT2D eigenvalue weighted by molar-refractivity contribution is -0.152. The van der Waals surface area contributed by atoms with Gasteiger partial charge in [-0.1, -0.05) is 32.6 Å². The fourth-order valence-electron chi connectivity index (χ4n) is 4.64. The summed E-state index contributed by atoms with van der Waals surface area (Å²) in [6.07, 6.45) is 2.74. The van der Waals surface area contributed by atoms with Crippen LogP contribution >= 0.6 is 0 Å². The molecule has 11 nitrogen and oxygen atoms in total. The van der Waals surface area contributed by atoms with Gasteiger partial charge in [0.05, 0.1) is 17.7 Å². The van der Waals surface area contributed by atoms with Gasteiger partial charge in [-0.3, -0.25) is 4.79 Å². The zero-order valence-electron chi connectivity index (χ0n) is 20.0. The van der Waals surface area contributed by atoms with Crippen LogP contribution in [0.3, 0.4) is 0 Å². The quantitative estimate of drug-likeness (QED) is 0.194. The minimum absolute atomic E-state index is 0.106. The first-order valence-corrected chi connectivity index (χ1v) is 12.1. The number of carbonyl (C=O) groups is 1. The summed E-state index contributed by atoms with van der Waals surface area (Å²) in [5, 5.41) is 41.3. The summed E-state index contributed by atoms with van der Waals surface area (Å²) < 4.78 is 11.1. The molecule has 1 aliphatic carbocycles. The van der Waals surface area contributed by atoms with Crippen molar-refractivity contribution >= 4 is 18.1 Å². The van der Waals surface area contributed by atoms with Crippen LogP contribution < -0.4 is 5.73 Å². The third-order valence-corrected chi connectivity index (χ3v) is 6.55. The topological polar surface area (TPSA) is 187 Å². The molecule has 11 heteroatoms. The first-order valence-electron chi connectivity index (χ1n) is 12.1. The molecule has 2 heterocycles. The number of aliphatic hydroxyl groups excluding tert-OH is 3. The molecule has 1 aromatic heterocycles. The molecule has 1 aliphatic heterocycles. The van der Waals surface area contributed by atoms with Crippen molar-refractivity contribution < 1.29 is 29.6 Å². The SMILES string of the molecule is CCCC(O)/N=C(\N=CN)c1ccc([C@]2(C#N)O[C@H](COC(=O)CC3CCCCC3)[C@@H](O)[C@H]2O)[nH]1. The number of H-pyrrole nitrogens is 1. The van der Waals surface area contributed by atoms with E-state index in [1.807, 2.05) is 13.0 Å². The van der Waals surface area contributed by atoms with E-state index in [1.54, 1.807) is 6.07 Å². The number of aromatic amines is 1. The van der Waals surface area contributed by atoms with Crippen LogP contribution in [0.25, 0.3) is 0 Å². The van der Waals surface area contributed by atoms with Crippen LogP contribution in [0.15, 0.2) is 22.1 Å². The number of nitrogens with two attached hydrogens (primary N) is 1. The minimum atomic E-state index is -1.93. The van der Waals surface area contributed by atoms with Crippen LogP contribution in [-0.2, 0) is 19.9 Å². The number of hydrogen-bond acceptors (Lipinski definition) is 8. The first kappa shape index (κ1) is 26.8. The summed E-state index contributed by atoms with van der Waals surface area (Å²) >= 11 is 0. The molecule has 1 aromatic rings. The Bertz CT molecular complexity index is 950. The molecule has 1 saturated carbocycles. The number of rotatable bonds is 9. The average Bonchev–Trinajstić information content (AvgIpc) is 3.43. The molecule has 2 fully saturated rings. The molecule has 0 amide bonds. The fraction of sp³-hybridized carbons (Fsp3) is 0.667. The van der Waals surface area contributed by atoms with Gasteiger partial charge in [-0.15, -0.1) is 0 Å². The van der Waals surface area contributed by atoms with Gasteiger partial charge in [0.15, 0.2) is 5.84 Å². The summed E-state index contributed by atoms with van der Waals surface area (Å²) in [6, 6.07) is 5.00. The van der Waals surface area contributed by atoms with Crippen LogP contribution in [-0.4, -0.2) is 69.6 Å². The molecule has 5 atom stereocenters. The Labute approximate surface area is 204 Å². The Morgan fingerprint density at radius 2 is 2.14 bits per heavy atom. The van der Waals surface area contributed by atoms with E-state index in [-0.39, 0.29) is 24.1 Å². The monoisotopic (exact) mass is 489 g/mol. The number of nitrogens with zero attached hydrogens (tertiary/aromatic N) is 3. The zero-order chi connectivity index (χ0) is 25.4. The van der Waals surface area contributed by atoms with E-state index in [1.165, 1.54) is 12.5 Å². The van der Waals surface area contributed by atoms with Gasteiger partial charge in [-0.05, 0) is 37.3 Å². The molecule has 6 N–H and O–H groups in total. The number of esters is 1. The third kappa shape index (κ3) is 6.27. The van der Waals surface area contributed by atoms with Crippen molar-refractivity contribution in [1.82, 2.24) is 4.98 Å². The van der Waals surface area contributed by atoms with Crippen LogP contribution in [0.5, 0.6) is 0 Å². The van der Waals surface area contributed by atoms with Crippen molar-refractivity contribution in [2.24, 2.45) is 21.6 Å². The van der Waals surface area contributed by atoms with Gasteiger partial charge in [0.25, 0.3) is 0 Å². The summed E-state index contributed by atoms with van der Waals surface area (Å²) in [5.41, 5.74) is 3.97. The predicted octanol–water partition coefficient (Wildman–Crippen LogP) is 1.22. The Balaban J connectivity index is 1.72. The largest absolute Gasteiger partial charge is 0.463 e. The lowest BCUT2D eigenvalue weighted by atomic mass is 9.87. The Morgan fingerprint density at radius 1 is 1.40 bits per heavy atom. The average molecular weight is 490 g/mol. The van der Waals surface area contributed by atoms with Crippen molar-refractivity contribution in [1.29, 1.82) is 5.26 Å². The van der Waals surface area contributed by atoms with Gasteiger partial charge < -0.3 is 35.5 Å². The standard InChI is InChI=1S/C24H35N5O6/c1-2-6-19(30)29-23(27-14-26)16-9-10-18(28-16)24(13-25)22(33)21(32)17(35-24)12-34-20(31)11-15-7-4-3-5-8-15/h9-10,14-15,17,19,21-22,28,30,32-33H,2-8,11-12H2,1H3,(H2,26,27,29)/t17-,19?,21-,22-,24+/m1/s1. The molecule has 192 valence electrons. The lowest BCUT2D eigenvalue weighted by Gasteiger charge is -2.23. The van der Waals surface area contributed by atoms with E-state index in [0.29, 0.717) is 30.9 Å². The highest BCUT2D eigenvalue weighted by Crippen LogP contribution is 2.39. The van der Waals surface area contributed by atoms with Crippen molar-refractivity contribution in [3.05, 3.63) is 23.5 Å². The molecule has 0 bridgehead atoms. The smallest absolute Gasteiger partial charge is 0.306 e. The van der Waals surface area contributed by atoms with E-state index in [2.05, 4.69) is 15.0 Å². The van der Waals surface area contributed by atoms with Gasteiger partial charge in [-0.25, -0.2) is 9.98 Å². The van der Waals surface area contributed by atoms with Crippen molar-refractivity contribution in [2.75, 3.05) is 6.61 Å². The van der Waals surface area contributed by atoms with Crippen molar-refractivity contribution in [2.45, 2.75) is 88.4 Å². The van der Waals surface area contributed by atoms with E-state index >= 15 is 0 Å². The van der Waals surface area contributed by atoms with Crippen LogP contribution in [0, 0.1) is 17.2 Å². The highest BCUT2D eigenvalue weighted by molar-refractivity contribution is 6.01. The summed E-state index contributed by atoms with van der Waals surface area (Å²) in [5.74, 6) is 0.0219. The van der Waals surface area contributed by atoms with Gasteiger partial charge in [0, 0.05) is 6.42 Å². The van der Waals surface area contributed by atoms with Crippen molar-refractivity contribution in [3.8, 4) is 6.07 Å². The molecule has 0 aromatic carbocycles. The summed E-state index contributed by atoms with van der Waals surface area (Å²) in [7, 11) is 0. The maximum absolute atomic E-state index is 12.3. The molecule has 0 spiro atoms. The number of hydrogen-bond donors (Lipinski definition) is 5. The molecule has 35 heavy (non-hydrogen) atoms.